The van der Waals surface area contributed by atoms with Crippen LogP contribution in [-0.4, -0.2) is 12.2 Å². The number of aryl methyl sites for hydroxylation is 1. The predicted octanol–water partition coefficient (Wildman–Crippen LogP) is 6.21. The molecule has 2 heteroatoms. The maximum Gasteiger partial charge on any atom is 0.122 e. The van der Waals surface area contributed by atoms with Crippen molar-refractivity contribution in [3.8, 4) is 11.5 Å². The summed E-state index contributed by atoms with van der Waals surface area (Å²) in [6.07, 6.45) is 9.18. The first-order valence-electron chi connectivity index (χ1n) is 10.1. The molecular weight excluding hydrogens is 308 g/mol. The second-order valence-corrected chi connectivity index (χ2v) is 9.64. The number of aromatic hydroxyl groups is 1. The van der Waals surface area contributed by atoms with E-state index in [4.69, 9.17) is 4.74 Å². The van der Waals surface area contributed by atoms with Gasteiger partial charge in [-0.2, -0.15) is 0 Å². The normalized spacial score (nSPS) is 34.4. The third kappa shape index (κ3) is 3.55. The van der Waals surface area contributed by atoms with E-state index in [1.165, 1.54) is 44.1 Å². The molecular formula is C23H36O2. The van der Waals surface area contributed by atoms with Crippen LogP contribution in [0.15, 0.2) is 18.2 Å². The van der Waals surface area contributed by atoms with E-state index in [0.29, 0.717) is 16.6 Å². The minimum absolute atomic E-state index is 0.314. The highest BCUT2D eigenvalue weighted by Gasteiger charge is 2.53. The second kappa shape index (κ2) is 6.85. The smallest absolute Gasteiger partial charge is 0.122 e. The van der Waals surface area contributed by atoms with Gasteiger partial charge in [-0.1, -0.05) is 40.5 Å². The van der Waals surface area contributed by atoms with E-state index in [0.717, 1.165) is 29.9 Å². The molecule has 0 aromatic heterocycles. The molecule has 4 atom stereocenters. The number of hydrogen-bond acceptors (Lipinski definition) is 2. The Kier molecular flexibility index (Phi) is 5.10. The van der Waals surface area contributed by atoms with Gasteiger partial charge < -0.3 is 9.84 Å². The Balaban J connectivity index is 1.79. The first kappa shape index (κ1) is 18.6. The van der Waals surface area contributed by atoms with Crippen molar-refractivity contribution in [2.24, 2.45) is 28.6 Å². The molecule has 2 aliphatic carbocycles. The Hall–Kier alpha value is -1.18. The summed E-state index contributed by atoms with van der Waals surface area (Å²) in [6.45, 7) is 10.1. The van der Waals surface area contributed by atoms with Gasteiger partial charge in [0.1, 0.15) is 11.5 Å². The molecule has 2 saturated carbocycles. The molecule has 0 heterocycles. The number of benzene rings is 1. The van der Waals surface area contributed by atoms with Crippen molar-refractivity contribution in [3.05, 3.63) is 23.8 Å². The summed E-state index contributed by atoms with van der Waals surface area (Å²) in [5, 5.41) is 9.94. The van der Waals surface area contributed by atoms with E-state index in [1.54, 1.807) is 13.2 Å². The Morgan fingerprint density at radius 3 is 2.60 bits per heavy atom. The molecule has 1 N–H and O–H groups in total. The monoisotopic (exact) mass is 344 g/mol. The van der Waals surface area contributed by atoms with Crippen LogP contribution in [0.1, 0.15) is 71.8 Å². The van der Waals surface area contributed by atoms with Gasteiger partial charge in [0.05, 0.1) is 7.11 Å². The van der Waals surface area contributed by atoms with Crippen molar-refractivity contribution in [2.75, 3.05) is 7.11 Å². The molecule has 2 nitrogen and oxygen atoms in total. The SMILES string of the molecule is COc1cc(O)cc(CC[C@H]2[C@@H](C)CC[C@H]3C(C)(C)CCC[C@]23C)c1. The zero-order chi connectivity index (χ0) is 18.2. The van der Waals surface area contributed by atoms with Gasteiger partial charge in [0.25, 0.3) is 0 Å². The molecule has 2 aliphatic rings. The summed E-state index contributed by atoms with van der Waals surface area (Å²) in [5.74, 6) is 3.51. The van der Waals surface area contributed by atoms with Gasteiger partial charge in [0.2, 0.25) is 0 Å². The lowest BCUT2D eigenvalue weighted by molar-refractivity contribution is -0.0957. The summed E-state index contributed by atoms with van der Waals surface area (Å²) in [7, 11) is 1.66. The molecule has 1 aromatic rings. The average molecular weight is 345 g/mol. The maximum atomic E-state index is 9.94. The van der Waals surface area contributed by atoms with Crippen molar-refractivity contribution in [1.82, 2.24) is 0 Å². The molecule has 3 rings (SSSR count). The predicted molar refractivity (Wildman–Crippen MR) is 104 cm³/mol. The van der Waals surface area contributed by atoms with Crippen LogP contribution >= 0.6 is 0 Å². The number of phenols is 1. The molecule has 0 radical (unpaired) electrons. The average Bonchev–Trinajstić information content (AvgIpc) is 2.52. The Bertz CT molecular complexity index is 606. The zero-order valence-corrected chi connectivity index (χ0v) is 16.8. The zero-order valence-electron chi connectivity index (χ0n) is 16.8. The Morgan fingerprint density at radius 1 is 1.12 bits per heavy atom. The summed E-state index contributed by atoms with van der Waals surface area (Å²) < 4.78 is 5.32. The van der Waals surface area contributed by atoms with Gasteiger partial charge in [-0.25, -0.2) is 0 Å². The number of ether oxygens (including phenoxy) is 1. The van der Waals surface area contributed by atoms with Crippen LogP contribution in [0.5, 0.6) is 11.5 Å². The fraction of sp³-hybridized carbons (Fsp3) is 0.739. The number of phenolic OH excluding ortho intramolecular Hbond substituents is 1. The lowest BCUT2D eigenvalue weighted by Gasteiger charge is -2.59. The van der Waals surface area contributed by atoms with E-state index >= 15 is 0 Å². The highest BCUT2D eigenvalue weighted by Crippen LogP contribution is 2.61. The van der Waals surface area contributed by atoms with Crippen LogP contribution in [0.2, 0.25) is 0 Å². The maximum absolute atomic E-state index is 9.94. The molecule has 140 valence electrons. The van der Waals surface area contributed by atoms with Gasteiger partial charge in [0, 0.05) is 6.07 Å². The minimum Gasteiger partial charge on any atom is -0.508 e. The van der Waals surface area contributed by atoms with E-state index in [2.05, 4.69) is 33.8 Å². The summed E-state index contributed by atoms with van der Waals surface area (Å²) in [5.41, 5.74) is 2.16. The van der Waals surface area contributed by atoms with Crippen LogP contribution < -0.4 is 4.74 Å². The van der Waals surface area contributed by atoms with E-state index in [9.17, 15) is 5.11 Å². The number of fused-ring (bicyclic) bond motifs is 1. The lowest BCUT2D eigenvalue weighted by atomic mass is 9.46. The van der Waals surface area contributed by atoms with Crippen molar-refractivity contribution < 1.29 is 9.84 Å². The fourth-order valence-electron chi connectivity index (χ4n) is 6.45. The number of hydrogen-bond donors (Lipinski definition) is 1. The van der Waals surface area contributed by atoms with Crippen LogP contribution in [0.4, 0.5) is 0 Å². The minimum atomic E-state index is 0.314. The molecule has 1 aromatic carbocycles. The molecule has 0 saturated heterocycles. The Morgan fingerprint density at radius 2 is 1.88 bits per heavy atom. The lowest BCUT2D eigenvalue weighted by Crippen LogP contribution is -2.51. The van der Waals surface area contributed by atoms with Crippen LogP contribution in [0.25, 0.3) is 0 Å². The highest BCUT2D eigenvalue weighted by molar-refractivity contribution is 5.37. The third-order valence-electron chi connectivity index (χ3n) is 7.65. The summed E-state index contributed by atoms with van der Waals surface area (Å²) >= 11 is 0. The van der Waals surface area contributed by atoms with Crippen molar-refractivity contribution in [3.63, 3.8) is 0 Å². The number of methoxy groups -OCH3 is 1. The second-order valence-electron chi connectivity index (χ2n) is 9.64. The van der Waals surface area contributed by atoms with Crippen molar-refractivity contribution in [1.29, 1.82) is 0 Å². The molecule has 0 spiro atoms. The van der Waals surface area contributed by atoms with Gasteiger partial charge in [0.15, 0.2) is 0 Å². The molecule has 25 heavy (non-hydrogen) atoms. The fourth-order valence-corrected chi connectivity index (χ4v) is 6.45. The first-order valence-corrected chi connectivity index (χ1v) is 10.1. The van der Waals surface area contributed by atoms with E-state index in [-0.39, 0.29) is 0 Å². The van der Waals surface area contributed by atoms with Crippen molar-refractivity contribution in [2.45, 2.75) is 72.6 Å². The van der Waals surface area contributed by atoms with E-state index in [1.807, 2.05) is 6.07 Å². The van der Waals surface area contributed by atoms with Gasteiger partial charge in [-0.15, -0.1) is 0 Å². The topological polar surface area (TPSA) is 29.5 Å². The van der Waals surface area contributed by atoms with E-state index < -0.39 is 0 Å². The van der Waals surface area contributed by atoms with Crippen LogP contribution in [0.3, 0.4) is 0 Å². The number of rotatable bonds is 4. The molecule has 0 amide bonds. The van der Waals surface area contributed by atoms with Gasteiger partial charge in [-0.05, 0) is 78.4 Å². The van der Waals surface area contributed by atoms with Crippen LogP contribution in [-0.2, 0) is 6.42 Å². The van der Waals surface area contributed by atoms with Crippen LogP contribution in [0, 0.1) is 28.6 Å². The van der Waals surface area contributed by atoms with Crippen molar-refractivity contribution >= 4 is 0 Å². The highest BCUT2D eigenvalue weighted by atomic mass is 16.5. The molecule has 0 bridgehead atoms. The Labute approximate surface area is 154 Å². The largest absolute Gasteiger partial charge is 0.508 e. The van der Waals surface area contributed by atoms with Gasteiger partial charge in [-0.3, -0.25) is 0 Å². The quantitative estimate of drug-likeness (QED) is 0.703. The molecule has 0 unspecified atom stereocenters. The molecule has 0 aliphatic heterocycles. The standard InChI is InChI=1S/C23H36O2/c1-16-7-10-21-22(2,3)11-6-12-23(21,4)20(16)9-8-17-13-18(24)15-19(14-17)25-5/h13-16,20-21,24H,6-12H2,1-5H3/t16-,20-,21-,23+/m0/s1. The summed E-state index contributed by atoms with van der Waals surface area (Å²) in [4.78, 5) is 0. The summed E-state index contributed by atoms with van der Waals surface area (Å²) in [6, 6.07) is 5.67. The molecule has 2 fully saturated rings. The third-order valence-corrected chi connectivity index (χ3v) is 7.65. The van der Waals surface area contributed by atoms with Gasteiger partial charge >= 0.3 is 0 Å². The first-order chi connectivity index (χ1) is 11.8.